The molecule has 0 spiro atoms. The number of benzene rings is 3. The second-order valence-corrected chi connectivity index (χ2v) is 5.38. The second-order valence-electron chi connectivity index (χ2n) is 5.38. The van der Waals surface area contributed by atoms with E-state index in [0.29, 0.717) is 11.1 Å². The fourth-order valence-corrected chi connectivity index (χ4v) is 2.72. The number of nitriles is 1. The fraction of sp³-hybridized carbons (Fsp3) is 0.0500. The molecule has 3 aromatic carbocycles. The van der Waals surface area contributed by atoms with E-state index in [1.807, 2.05) is 36.4 Å². The molecule has 3 rings (SSSR count). The number of ether oxygens (including phenoxy) is 1. The van der Waals surface area contributed by atoms with Gasteiger partial charge in [-0.15, -0.1) is 0 Å². The molecule has 25 heavy (non-hydrogen) atoms. The van der Waals surface area contributed by atoms with Crippen molar-refractivity contribution in [2.75, 3.05) is 7.11 Å². The number of fused-ring (bicyclic) bond motifs is 1. The van der Waals surface area contributed by atoms with Gasteiger partial charge in [0.05, 0.1) is 23.7 Å². The van der Waals surface area contributed by atoms with Crippen LogP contribution < -0.4 is 4.74 Å². The smallest absolute Gasteiger partial charge is 0.270 e. The first-order valence-electron chi connectivity index (χ1n) is 7.56. The Balaban J connectivity index is 2.16. The van der Waals surface area contributed by atoms with Gasteiger partial charge >= 0.3 is 0 Å². The van der Waals surface area contributed by atoms with E-state index in [1.54, 1.807) is 25.3 Å². The monoisotopic (exact) mass is 330 g/mol. The Hall–Kier alpha value is -3.65. The van der Waals surface area contributed by atoms with Gasteiger partial charge in [-0.25, -0.2) is 0 Å². The second kappa shape index (κ2) is 6.85. The summed E-state index contributed by atoms with van der Waals surface area (Å²) < 4.78 is 5.38. The molecule has 0 amide bonds. The van der Waals surface area contributed by atoms with Gasteiger partial charge in [0.1, 0.15) is 5.75 Å². The number of methoxy groups -OCH3 is 1. The molecule has 0 heterocycles. The molecule has 0 saturated heterocycles. The van der Waals surface area contributed by atoms with Gasteiger partial charge < -0.3 is 4.74 Å². The number of nitrogens with zero attached hydrogens (tertiary/aromatic N) is 2. The Bertz CT molecular complexity index is 1030. The van der Waals surface area contributed by atoms with Crippen molar-refractivity contribution in [1.82, 2.24) is 0 Å². The highest BCUT2D eigenvalue weighted by Gasteiger charge is 2.10. The summed E-state index contributed by atoms with van der Waals surface area (Å²) >= 11 is 0. The van der Waals surface area contributed by atoms with Crippen LogP contribution in [-0.4, -0.2) is 12.0 Å². The van der Waals surface area contributed by atoms with Crippen LogP contribution in [0.25, 0.3) is 22.4 Å². The lowest BCUT2D eigenvalue weighted by Gasteiger charge is -2.08. The van der Waals surface area contributed by atoms with E-state index in [2.05, 4.69) is 6.07 Å². The molecule has 3 aromatic rings. The van der Waals surface area contributed by atoms with Gasteiger partial charge in [-0.05, 0) is 28.7 Å². The van der Waals surface area contributed by atoms with E-state index >= 15 is 0 Å². The zero-order chi connectivity index (χ0) is 17.8. The standard InChI is InChI=1S/C20H14N2O3/c1-25-20-10-9-15(18-7-2-3-8-19(18)20)11-16(13-21)14-5-4-6-17(12-14)22(23)24/h2-12H,1H3/b16-11-. The topological polar surface area (TPSA) is 76.2 Å². The third kappa shape index (κ3) is 3.19. The molecule has 0 radical (unpaired) electrons. The molecule has 0 saturated carbocycles. The zero-order valence-electron chi connectivity index (χ0n) is 13.5. The van der Waals surface area contributed by atoms with Crippen molar-refractivity contribution in [3.63, 3.8) is 0 Å². The number of hydrogen-bond acceptors (Lipinski definition) is 4. The Morgan fingerprint density at radius 3 is 2.56 bits per heavy atom. The maximum atomic E-state index is 11.0. The average molecular weight is 330 g/mol. The highest BCUT2D eigenvalue weighted by atomic mass is 16.6. The lowest BCUT2D eigenvalue weighted by atomic mass is 9.99. The summed E-state index contributed by atoms with van der Waals surface area (Å²) in [6.07, 6.45) is 1.74. The van der Waals surface area contributed by atoms with E-state index in [0.717, 1.165) is 22.1 Å². The van der Waals surface area contributed by atoms with Crippen LogP contribution in [0, 0.1) is 21.4 Å². The third-order valence-electron chi connectivity index (χ3n) is 3.93. The van der Waals surface area contributed by atoms with Crippen molar-refractivity contribution in [3.05, 3.63) is 81.9 Å². The van der Waals surface area contributed by atoms with Gasteiger partial charge in [0.25, 0.3) is 5.69 Å². The average Bonchev–Trinajstić information content (AvgIpc) is 2.66. The van der Waals surface area contributed by atoms with Crippen LogP contribution in [-0.2, 0) is 0 Å². The van der Waals surface area contributed by atoms with E-state index in [1.165, 1.54) is 12.1 Å². The van der Waals surface area contributed by atoms with Gasteiger partial charge in [-0.2, -0.15) is 5.26 Å². The summed E-state index contributed by atoms with van der Waals surface area (Å²) in [5.74, 6) is 0.751. The largest absolute Gasteiger partial charge is 0.496 e. The van der Waals surface area contributed by atoms with Crippen molar-refractivity contribution in [2.45, 2.75) is 0 Å². The number of hydrogen-bond donors (Lipinski definition) is 0. The third-order valence-corrected chi connectivity index (χ3v) is 3.93. The first-order valence-corrected chi connectivity index (χ1v) is 7.56. The minimum Gasteiger partial charge on any atom is -0.496 e. The van der Waals surface area contributed by atoms with Crippen molar-refractivity contribution in [3.8, 4) is 11.8 Å². The molecular formula is C20H14N2O3. The molecule has 5 nitrogen and oxygen atoms in total. The van der Waals surface area contributed by atoms with Crippen LogP contribution in [0.2, 0.25) is 0 Å². The number of rotatable bonds is 4. The maximum Gasteiger partial charge on any atom is 0.270 e. The molecule has 0 bridgehead atoms. The summed E-state index contributed by atoms with van der Waals surface area (Å²) in [5.41, 5.74) is 1.67. The number of allylic oxidation sites excluding steroid dienone is 1. The molecule has 0 atom stereocenters. The Morgan fingerprint density at radius 2 is 1.88 bits per heavy atom. The summed E-state index contributed by atoms with van der Waals surface area (Å²) in [4.78, 5) is 10.5. The van der Waals surface area contributed by atoms with Crippen molar-refractivity contribution < 1.29 is 9.66 Å². The Morgan fingerprint density at radius 1 is 1.12 bits per heavy atom. The SMILES string of the molecule is COc1ccc(/C=C(/C#N)c2cccc([N+](=O)[O-])c2)c2ccccc12. The summed E-state index contributed by atoms with van der Waals surface area (Å²) in [6.45, 7) is 0. The molecule has 0 aliphatic rings. The summed E-state index contributed by atoms with van der Waals surface area (Å²) in [5, 5.41) is 22.4. The Labute approximate surface area is 144 Å². The zero-order valence-corrected chi connectivity index (χ0v) is 13.5. The van der Waals surface area contributed by atoms with Crippen LogP contribution in [0.1, 0.15) is 11.1 Å². The normalized spacial score (nSPS) is 11.1. The predicted octanol–water partition coefficient (Wildman–Crippen LogP) is 4.82. The quantitative estimate of drug-likeness (QED) is 0.297. The first kappa shape index (κ1) is 16.2. The maximum absolute atomic E-state index is 11.0. The number of nitro groups is 1. The fourth-order valence-electron chi connectivity index (χ4n) is 2.72. The minimum absolute atomic E-state index is 0.0433. The molecule has 5 heteroatoms. The summed E-state index contributed by atoms with van der Waals surface area (Å²) in [6, 6.07) is 19.7. The van der Waals surface area contributed by atoms with E-state index in [9.17, 15) is 15.4 Å². The van der Waals surface area contributed by atoms with Crippen LogP contribution >= 0.6 is 0 Å². The van der Waals surface area contributed by atoms with Gasteiger partial charge in [0.2, 0.25) is 0 Å². The molecule has 0 N–H and O–H groups in total. The molecule has 0 aliphatic carbocycles. The van der Waals surface area contributed by atoms with Crippen molar-refractivity contribution >= 4 is 28.1 Å². The van der Waals surface area contributed by atoms with Crippen LogP contribution in [0.3, 0.4) is 0 Å². The summed E-state index contributed by atoms with van der Waals surface area (Å²) in [7, 11) is 1.61. The van der Waals surface area contributed by atoms with Gasteiger partial charge in [-0.3, -0.25) is 10.1 Å². The van der Waals surface area contributed by atoms with Crippen LogP contribution in [0.5, 0.6) is 5.75 Å². The van der Waals surface area contributed by atoms with Gasteiger partial charge in [-0.1, -0.05) is 42.5 Å². The van der Waals surface area contributed by atoms with Crippen molar-refractivity contribution in [1.29, 1.82) is 5.26 Å². The number of nitro benzene ring substituents is 1. The van der Waals surface area contributed by atoms with E-state index in [4.69, 9.17) is 4.74 Å². The molecular weight excluding hydrogens is 316 g/mol. The van der Waals surface area contributed by atoms with E-state index < -0.39 is 4.92 Å². The molecule has 0 aromatic heterocycles. The predicted molar refractivity (Wildman–Crippen MR) is 97.1 cm³/mol. The Kier molecular flexibility index (Phi) is 4.44. The minimum atomic E-state index is -0.471. The lowest BCUT2D eigenvalue weighted by molar-refractivity contribution is -0.384. The van der Waals surface area contributed by atoms with E-state index in [-0.39, 0.29) is 5.69 Å². The molecule has 122 valence electrons. The highest BCUT2D eigenvalue weighted by molar-refractivity contribution is 6.00. The van der Waals surface area contributed by atoms with Gasteiger partial charge in [0.15, 0.2) is 0 Å². The number of non-ortho nitro benzene ring substituents is 1. The van der Waals surface area contributed by atoms with Crippen LogP contribution in [0.4, 0.5) is 5.69 Å². The molecule has 0 unspecified atom stereocenters. The molecule has 0 fully saturated rings. The first-order chi connectivity index (χ1) is 12.1. The van der Waals surface area contributed by atoms with Gasteiger partial charge in [0, 0.05) is 17.5 Å². The molecule has 0 aliphatic heterocycles. The highest BCUT2D eigenvalue weighted by Crippen LogP contribution is 2.31. The lowest BCUT2D eigenvalue weighted by Crippen LogP contribution is -1.90. The van der Waals surface area contributed by atoms with Crippen molar-refractivity contribution in [2.24, 2.45) is 0 Å². The van der Waals surface area contributed by atoms with Crippen LogP contribution in [0.15, 0.2) is 60.7 Å².